The second-order valence-electron chi connectivity index (χ2n) is 10.5. The molecule has 0 saturated carbocycles. The van der Waals surface area contributed by atoms with Gasteiger partial charge in [0.05, 0.1) is 0 Å². The van der Waals surface area contributed by atoms with E-state index in [0.717, 1.165) is 11.1 Å². The molecule has 39 heavy (non-hydrogen) atoms. The van der Waals surface area contributed by atoms with Gasteiger partial charge in [-0.2, -0.15) is 0 Å². The van der Waals surface area contributed by atoms with Crippen LogP contribution in [-0.2, 0) is 19.1 Å². The number of aryl methyl sites for hydroxylation is 2. The number of hydrogen-bond donors (Lipinski definition) is 4. The van der Waals surface area contributed by atoms with Gasteiger partial charge in [-0.3, -0.25) is 14.4 Å². The molecule has 0 aliphatic carbocycles. The van der Waals surface area contributed by atoms with Crippen LogP contribution in [0.3, 0.4) is 0 Å². The first-order chi connectivity index (χ1) is 18.2. The molecule has 0 heterocycles. The number of phenolic OH excluding ortho intramolecular Hbond substituents is 1. The number of nitrogens with zero attached hydrogens (tertiary/aromatic N) is 1. The highest BCUT2D eigenvalue weighted by atomic mass is 16.6. The summed E-state index contributed by atoms with van der Waals surface area (Å²) in [5.74, 6) is -1.80. The molecule has 2 rings (SSSR count). The van der Waals surface area contributed by atoms with Gasteiger partial charge in [0.15, 0.2) is 0 Å². The Labute approximate surface area is 229 Å². The van der Waals surface area contributed by atoms with Crippen LogP contribution in [0, 0.1) is 13.8 Å². The molecule has 0 radical (unpaired) electrons. The average Bonchev–Trinajstić information content (AvgIpc) is 2.82. The summed E-state index contributed by atoms with van der Waals surface area (Å²) in [6.45, 7) is 10.8. The van der Waals surface area contributed by atoms with Gasteiger partial charge >= 0.3 is 6.09 Å². The van der Waals surface area contributed by atoms with Crippen molar-refractivity contribution in [1.29, 1.82) is 0 Å². The van der Waals surface area contributed by atoms with Gasteiger partial charge in [0.2, 0.25) is 11.8 Å². The normalized spacial score (nSPS) is 12.7. The first-order valence-corrected chi connectivity index (χ1v) is 13.0. The van der Waals surface area contributed by atoms with Gasteiger partial charge in [-0.15, -0.1) is 0 Å². The zero-order chi connectivity index (χ0) is 29.3. The smallest absolute Gasteiger partial charge is 0.408 e. The van der Waals surface area contributed by atoms with Crippen molar-refractivity contribution < 1.29 is 29.0 Å². The van der Waals surface area contributed by atoms with E-state index in [4.69, 9.17) is 10.5 Å². The fourth-order valence-electron chi connectivity index (χ4n) is 4.17. The molecule has 0 aliphatic rings. The van der Waals surface area contributed by atoms with Crippen molar-refractivity contribution in [2.75, 3.05) is 11.9 Å². The summed E-state index contributed by atoms with van der Waals surface area (Å²) < 4.78 is 5.33. The number of amides is 4. The largest absolute Gasteiger partial charge is 0.508 e. The van der Waals surface area contributed by atoms with Crippen LogP contribution in [0.15, 0.2) is 42.5 Å². The number of nitrogens with one attached hydrogen (secondary N) is 2. The van der Waals surface area contributed by atoms with Crippen molar-refractivity contribution in [1.82, 2.24) is 10.2 Å². The van der Waals surface area contributed by atoms with Crippen molar-refractivity contribution in [2.45, 2.75) is 78.5 Å². The van der Waals surface area contributed by atoms with E-state index >= 15 is 0 Å². The topological polar surface area (TPSA) is 151 Å². The molecule has 0 bridgehead atoms. The number of carbonyl (C=O) groups excluding carboxylic acids is 4. The summed E-state index contributed by atoms with van der Waals surface area (Å²) in [5, 5.41) is 15.7. The van der Waals surface area contributed by atoms with E-state index in [9.17, 15) is 24.3 Å². The second kappa shape index (κ2) is 13.6. The maximum absolute atomic E-state index is 14.0. The minimum absolute atomic E-state index is 0.0709. The van der Waals surface area contributed by atoms with E-state index in [2.05, 4.69) is 10.6 Å². The molecule has 5 N–H and O–H groups in total. The molecular formula is C29H40N4O6. The van der Waals surface area contributed by atoms with Crippen molar-refractivity contribution in [3.8, 4) is 5.75 Å². The quantitative estimate of drug-likeness (QED) is 0.337. The van der Waals surface area contributed by atoms with Gasteiger partial charge < -0.3 is 31.1 Å². The lowest BCUT2D eigenvalue weighted by atomic mass is 10.00. The zero-order valence-corrected chi connectivity index (χ0v) is 23.5. The summed E-state index contributed by atoms with van der Waals surface area (Å²) >= 11 is 0. The van der Waals surface area contributed by atoms with Gasteiger partial charge in [0, 0.05) is 18.7 Å². The van der Waals surface area contributed by atoms with Gasteiger partial charge in [-0.05, 0) is 76.3 Å². The molecule has 0 spiro atoms. The molecule has 0 aromatic heterocycles. The van der Waals surface area contributed by atoms with Gasteiger partial charge in [-0.25, -0.2) is 4.79 Å². The molecule has 2 atom stereocenters. The molecule has 10 heteroatoms. The Morgan fingerprint density at radius 2 is 1.67 bits per heavy atom. The van der Waals surface area contributed by atoms with Crippen molar-refractivity contribution >= 4 is 29.5 Å². The number of rotatable bonds is 11. The Morgan fingerprint density at radius 1 is 1.05 bits per heavy atom. The Hall–Kier alpha value is -4.08. The van der Waals surface area contributed by atoms with Crippen LogP contribution in [0.4, 0.5) is 10.5 Å². The lowest BCUT2D eigenvalue weighted by molar-refractivity contribution is -0.141. The lowest BCUT2D eigenvalue weighted by Gasteiger charge is -2.34. The number of hydrogen-bond acceptors (Lipinski definition) is 6. The van der Waals surface area contributed by atoms with E-state index in [-0.39, 0.29) is 25.1 Å². The number of primary amides is 1. The molecule has 2 unspecified atom stereocenters. The average molecular weight is 541 g/mol. The number of benzene rings is 2. The second-order valence-corrected chi connectivity index (χ2v) is 10.5. The Kier molecular flexibility index (Phi) is 10.9. The summed E-state index contributed by atoms with van der Waals surface area (Å²) in [6.07, 6.45) is -0.598. The number of phenols is 1. The highest BCUT2D eigenvalue weighted by Gasteiger charge is 2.36. The zero-order valence-electron chi connectivity index (χ0n) is 23.5. The number of carbonyl (C=O) groups is 4. The number of anilines is 1. The predicted molar refractivity (Wildman–Crippen MR) is 149 cm³/mol. The monoisotopic (exact) mass is 540 g/mol. The van der Waals surface area contributed by atoms with Crippen LogP contribution in [0.2, 0.25) is 0 Å². The predicted octanol–water partition coefficient (Wildman–Crippen LogP) is 4.09. The number of aromatic hydroxyl groups is 1. The molecular weight excluding hydrogens is 500 g/mol. The number of nitrogens with two attached hydrogens (primary N) is 1. The van der Waals surface area contributed by atoms with Crippen molar-refractivity contribution in [3.63, 3.8) is 0 Å². The van der Waals surface area contributed by atoms with Crippen LogP contribution in [0.5, 0.6) is 5.75 Å². The maximum atomic E-state index is 14.0. The molecule has 0 fully saturated rings. The molecule has 0 saturated heterocycles. The van der Waals surface area contributed by atoms with E-state index in [0.29, 0.717) is 17.7 Å². The van der Waals surface area contributed by atoms with E-state index in [1.165, 1.54) is 17.0 Å². The Bertz CT molecular complexity index is 1170. The number of ether oxygens (including phenoxy) is 1. The third-order valence-corrected chi connectivity index (χ3v) is 5.89. The van der Waals surface area contributed by atoms with Crippen molar-refractivity contribution in [2.24, 2.45) is 5.73 Å². The maximum Gasteiger partial charge on any atom is 0.408 e. The summed E-state index contributed by atoms with van der Waals surface area (Å²) in [4.78, 5) is 53.4. The molecule has 10 nitrogen and oxygen atoms in total. The van der Waals surface area contributed by atoms with Gasteiger partial charge in [0.1, 0.15) is 23.4 Å². The lowest BCUT2D eigenvalue weighted by Crippen LogP contribution is -2.52. The Balaban J connectivity index is 2.54. The SMILES string of the molecule is CCCN(C(=O)C(CCC(N)=O)NC(=O)OC(C)(C)C)C(C(=O)Nc1c(C)cccc1C)c1cccc(O)c1. The van der Waals surface area contributed by atoms with E-state index in [1.807, 2.05) is 39.0 Å². The molecule has 2 aromatic carbocycles. The highest BCUT2D eigenvalue weighted by molar-refractivity contribution is 6.00. The Morgan fingerprint density at radius 3 is 2.21 bits per heavy atom. The van der Waals surface area contributed by atoms with Crippen molar-refractivity contribution in [3.05, 3.63) is 59.2 Å². The third-order valence-electron chi connectivity index (χ3n) is 5.89. The van der Waals surface area contributed by atoms with E-state index in [1.54, 1.807) is 32.9 Å². The first-order valence-electron chi connectivity index (χ1n) is 13.0. The van der Waals surface area contributed by atoms with Crippen LogP contribution in [0.1, 0.15) is 69.7 Å². The van der Waals surface area contributed by atoms with Crippen LogP contribution in [-0.4, -0.2) is 52.0 Å². The molecule has 0 aliphatic heterocycles. The van der Waals surface area contributed by atoms with Gasteiger partial charge in [-0.1, -0.05) is 37.3 Å². The van der Waals surface area contributed by atoms with Gasteiger partial charge in [0.25, 0.3) is 5.91 Å². The first kappa shape index (κ1) is 31.1. The van der Waals surface area contributed by atoms with E-state index < -0.39 is 41.5 Å². The standard InChI is InChI=1S/C29H40N4O6/c1-7-16-33(27(37)22(14-15-23(30)35)31-28(38)39-29(4,5)6)25(20-12-9-13-21(34)17-20)26(36)32-24-18(2)10-8-11-19(24)3/h8-13,17,22,25,34H,7,14-16H2,1-6H3,(H2,30,35)(H,31,38)(H,32,36). The molecule has 212 valence electrons. The summed E-state index contributed by atoms with van der Waals surface area (Å²) in [5.41, 5.74) is 7.21. The molecule has 4 amide bonds. The number of para-hydroxylation sites is 1. The summed E-state index contributed by atoms with van der Waals surface area (Å²) in [6, 6.07) is 9.39. The minimum Gasteiger partial charge on any atom is -0.508 e. The summed E-state index contributed by atoms with van der Waals surface area (Å²) in [7, 11) is 0. The fraction of sp³-hybridized carbons (Fsp3) is 0.448. The minimum atomic E-state index is -1.19. The third kappa shape index (κ3) is 9.31. The number of alkyl carbamates (subject to hydrolysis) is 1. The van der Waals surface area contributed by atoms with Crippen LogP contribution >= 0.6 is 0 Å². The van der Waals surface area contributed by atoms with Crippen LogP contribution < -0.4 is 16.4 Å². The molecule has 2 aromatic rings. The van der Waals surface area contributed by atoms with Crippen LogP contribution in [0.25, 0.3) is 0 Å². The highest BCUT2D eigenvalue weighted by Crippen LogP contribution is 2.29. The fourth-order valence-corrected chi connectivity index (χ4v) is 4.17.